The standard InChI is InChI=1S/C20H26N6O6S2/c1-5-15-21-13-9-11(22-16(33)24-18(27)30-6-2)12(23-17(34)25-19(28)31-7-3)10-14(13)26(15)20(29)32-8-4/h9-10H,5-8H2,1-4H3,(H2,22,24,27,33)(H2,23,25,28,34). The number of nitrogens with zero attached hydrogens (tertiary/aromatic N) is 2. The molecule has 34 heavy (non-hydrogen) atoms. The number of amides is 2. The number of rotatable bonds is 6. The van der Waals surface area contributed by atoms with Gasteiger partial charge >= 0.3 is 18.3 Å². The van der Waals surface area contributed by atoms with Gasteiger partial charge in [-0.2, -0.15) is 0 Å². The fraction of sp³-hybridized carbons (Fsp3) is 0.400. The van der Waals surface area contributed by atoms with Crippen LogP contribution in [0.2, 0.25) is 0 Å². The van der Waals surface area contributed by atoms with Gasteiger partial charge in [0.2, 0.25) is 0 Å². The number of thiocarbonyl (C=S) groups is 2. The van der Waals surface area contributed by atoms with E-state index in [2.05, 4.69) is 26.3 Å². The van der Waals surface area contributed by atoms with Crippen molar-refractivity contribution in [3.05, 3.63) is 18.0 Å². The van der Waals surface area contributed by atoms with Gasteiger partial charge in [0, 0.05) is 6.42 Å². The van der Waals surface area contributed by atoms with Gasteiger partial charge in [0.15, 0.2) is 10.2 Å². The summed E-state index contributed by atoms with van der Waals surface area (Å²) in [4.78, 5) is 40.5. The van der Waals surface area contributed by atoms with Crippen LogP contribution in [0.4, 0.5) is 25.8 Å². The highest BCUT2D eigenvalue weighted by atomic mass is 32.1. The number of aryl methyl sites for hydroxylation is 1. The molecule has 1 aromatic heterocycles. The Morgan fingerprint density at radius 1 is 0.853 bits per heavy atom. The first-order valence-corrected chi connectivity index (χ1v) is 11.3. The average Bonchev–Trinajstić information content (AvgIpc) is 3.11. The van der Waals surface area contributed by atoms with Gasteiger partial charge in [-0.25, -0.2) is 23.9 Å². The smallest absolute Gasteiger partial charge is 0.419 e. The van der Waals surface area contributed by atoms with E-state index in [0.717, 1.165) is 0 Å². The quantitative estimate of drug-likeness (QED) is 0.335. The molecular weight excluding hydrogens is 484 g/mol. The lowest BCUT2D eigenvalue weighted by Gasteiger charge is -2.16. The van der Waals surface area contributed by atoms with Crippen molar-refractivity contribution in [1.29, 1.82) is 0 Å². The van der Waals surface area contributed by atoms with Gasteiger partial charge in [-0.1, -0.05) is 6.92 Å². The molecule has 0 bridgehead atoms. The van der Waals surface area contributed by atoms with Crippen molar-refractivity contribution in [3.63, 3.8) is 0 Å². The maximum Gasteiger partial charge on any atom is 0.419 e. The van der Waals surface area contributed by atoms with Crippen LogP contribution in [0.25, 0.3) is 11.0 Å². The van der Waals surface area contributed by atoms with Gasteiger partial charge in [0.05, 0.1) is 42.2 Å². The number of carbonyl (C=O) groups excluding carboxylic acids is 3. The van der Waals surface area contributed by atoms with Gasteiger partial charge in [-0.15, -0.1) is 0 Å². The predicted molar refractivity (Wildman–Crippen MR) is 134 cm³/mol. The number of alkyl carbamates (subject to hydrolysis) is 2. The Kier molecular flexibility index (Phi) is 9.94. The van der Waals surface area contributed by atoms with Crippen LogP contribution in [-0.2, 0) is 20.6 Å². The van der Waals surface area contributed by atoms with Crippen LogP contribution in [0.1, 0.15) is 33.5 Å². The topological polar surface area (TPSA) is 145 Å². The molecular formula is C20H26N6O6S2. The summed E-state index contributed by atoms with van der Waals surface area (Å²) < 4.78 is 16.2. The molecule has 0 atom stereocenters. The van der Waals surface area contributed by atoms with E-state index < -0.39 is 18.3 Å². The number of carbonyl (C=O) groups is 3. The lowest BCUT2D eigenvalue weighted by atomic mass is 10.2. The Morgan fingerprint density at radius 2 is 1.35 bits per heavy atom. The summed E-state index contributed by atoms with van der Waals surface area (Å²) in [5.74, 6) is 0.482. The van der Waals surface area contributed by atoms with Gasteiger partial charge in [-0.05, 0) is 57.3 Å². The van der Waals surface area contributed by atoms with Crippen molar-refractivity contribution in [3.8, 4) is 0 Å². The van der Waals surface area contributed by atoms with Gasteiger partial charge < -0.3 is 24.8 Å². The Hall–Kier alpha value is -3.52. The van der Waals surface area contributed by atoms with Crippen molar-refractivity contribution in [2.75, 3.05) is 30.5 Å². The zero-order valence-electron chi connectivity index (χ0n) is 19.1. The molecule has 0 spiro atoms. The van der Waals surface area contributed by atoms with E-state index in [1.807, 2.05) is 6.92 Å². The number of nitrogens with one attached hydrogen (secondary N) is 4. The summed E-state index contributed by atoms with van der Waals surface area (Å²) in [6, 6.07) is 3.20. The number of ether oxygens (including phenoxy) is 3. The zero-order chi connectivity index (χ0) is 25.3. The molecule has 4 N–H and O–H groups in total. The second kappa shape index (κ2) is 12.6. The van der Waals surface area contributed by atoms with E-state index in [4.69, 9.17) is 38.6 Å². The van der Waals surface area contributed by atoms with Crippen molar-refractivity contribution in [1.82, 2.24) is 20.2 Å². The van der Waals surface area contributed by atoms with Crippen LogP contribution in [0.15, 0.2) is 12.1 Å². The van der Waals surface area contributed by atoms with Gasteiger partial charge in [-0.3, -0.25) is 10.6 Å². The molecule has 184 valence electrons. The third kappa shape index (κ3) is 6.99. The number of imidazole rings is 1. The molecule has 2 amide bonds. The zero-order valence-corrected chi connectivity index (χ0v) is 20.8. The van der Waals surface area contributed by atoms with E-state index in [0.29, 0.717) is 34.7 Å². The summed E-state index contributed by atoms with van der Waals surface area (Å²) in [6.45, 7) is 7.40. The molecule has 0 aliphatic carbocycles. The first-order chi connectivity index (χ1) is 16.2. The minimum absolute atomic E-state index is 0.0503. The fourth-order valence-corrected chi connectivity index (χ4v) is 3.22. The predicted octanol–water partition coefficient (Wildman–Crippen LogP) is 3.49. The summed E-state index contributed by atoms with van der Waals surface area (Å²) in [7, 11) is 0. The highest BCUT2D eigenvalue weighted by Gasteiger charge is 2.20. The van der Waals surface area contributed by atoms with Gasteiger partial charge in [0.1, 0.15) is 5.82 Å². The molecule has 1 heterocycles. The van der Waals surface area contributed by atoms with Crippen LogP contribution >= 0.6 is 24.4 Å². The van der Waals surface area contributed by atoms with Crippen LogP contribution in [0.5, 0.6) is 0 Å². The molecule has 1 aromatic carbocycles. The monoisotopic (exact) mass is 510 g/mol. The van der Waals surface area contributed by atoms with Crippen molar-refractivity contribution in [2.24, 2.45) is 0 Å². The second-order valence-corrected chi connectivity index (χ2v) is 7.22. The van der Waals surface area contributed by atoms with Crippen LogP contribution in [0.3, 0.4) is 0 Å². The maximum absolute atomic E-state index is 12.6. The van der Waals surface area contributed by atoms with Crippen molar-refractivity contribution in [2.45, 2.75) is 34.1 Å². The highest BCUT2D eigenvalue weighted by molar-refractivity contribution is 7.80. The average molecular weight is 511 g/mol. The second-order valence-electron chi connectivity index (χ2n) is 6.40. The molecule has 0 aliphatic heterocycles. The SMILES string of the molecule is CCOC(=O)NC(=S)Nc1cc2nc(CC)n(C(=O)OCC)c2cc1NC(=S)NC(=O)OCC. The van der Waals surface area contributed by atoms with E-state index in [1.165, 1.54) is 4.57 Å². The Morgan fingerprint density at radius 3 is 1.82 bits per heavy atom. The fourth-order valence-electron chi connectivity index (χ4n) is 2.84. The minimum atomic E-state index is -0.736. The molecule has 14 heteroatoms. The number of hydrogen-bond donors (Lipinski definition) is 4. The summed E-state index contributed by atoms with van der Waals surface area (Å²) in [5, 5.41) is 10.4. The molecule has 2 aromatic rings. The number of benzene rings is 1. The molecule has 0 radical (unpaired) electrons. The normalized spacial score (nSPS) is 10.2. The number of aromatic nitrogens is 2. The third-order valence-electron chi connectivity index (χ3n) is 4.11. The minimum Gasteiger partial charge on any atom is -0.450 e. The van der Waals surface area contributed by atoms with Crippen molar-refractivity contribution >= 4 is 75.3 Å². The molecule has 12 nitrogen and oxygen atoms in total. The molecule has 0 fully saturated rings. The van der Waals surface area contributed by atoms with E-state index in [1.54, 1.807) is 32.9 Å². The molecule has 0 unspecified atom stereocenters. The Bertz CT molecular complexity index is 1100. The van der Waals surface area contributed by atoms with Gasteiger partial charge in [0.25, 0.3) is 0 Å². The summed E-state index contributed by atoms with van der Waals surface area (Å²) in [5.41, 5.74) is 1.58. The van der Waals surface area contributed by atoms with E-state index in [-0.39, 0.29) is 30.0 Å². The van der Waals surface area contributed by atoms with E-state index in [9.17, 15) is 14.4 Å². The number of hydrogen-bond acceptors (Lipinski definition) is 9. The lowest BCUT2D eigenvalue weighted by Crippen LogP contribution is -2.36. The third-order valence-corrected chi connectivity index (χ3v) is 4.52. The maximum atomic E-state index is 12.6. The number of fused-ring (bicyclic) bond motifs is 1. The largest absolute Gasteiger partial charge is 0.450 e. The lowest BCUT2D eigenvalue weighted by molar-refractivity contribution is 0.154. The molecule has 2 rings (SSSR count). The Labute approximate surface area is 206 Å². The Balaban J connectivity index is 2.48. The molecule has 0 aliphatic rings. The van der Waals surface area contributed by atoms with Crippen molar-refractivity contribution < 1.29 is 28.6 Å². The van der Waals surface area contributed by atoms with Crippen LogP contribution < -0.4 is 21.3 Å². The first kappa shape index (κ1) is 26.7. The molecule has 0 saturated carbocycles. The van der Waals surface area contributed by atoms with Crippen LogP contribution in [-0.4, -0.2) is 57.9 Å². The van der Waals surface area contributed by atoms with Crippen LogP contribution in [0, 0.1) is 0 Å². The summed E-state index contributed by atoms with van der Waals surface area (Å²) in [6.07, 6.45) is -1.58. The highest BCUT2D eigenvalue weighted by Crippen LogP contribution is 2.30. The molecule has 0 saturated heterocycles. The summed E-state index contributed by atoms with van der Waals surface area (Å²) >= 11 is 10.4. The number of anilines is 2. The van der Waals surface area contributed by atoms with E-state index >= 15 is 0 Å². The first-order valence-electron chi connectivity index (χ1n) is 10.5.